The predicted molar refractivity (Wildman–Crippen MR) is 136 cm³/mol. The van der Waals surface area contributed by atoms with Crippen LogP contribution in [0.1, 0.15) is 54.0 Å². The van der Waals surface area contributed by atoms with Crippen LogP contribution in [0.25, 0.3) is 0 Å². The second-order valence-electron chi connectivity index (χ2n) is 9.31. The maximum absolute atomic E-state index is 13.6. The number of piperazine rings is 1. The van der Waals surface area contributed by atoms with E-state index in [0.717, 1.165) is 43.5 Å². The third-order valence-electron chi connectivity index (χ3n) is 7.01. The molecule has 0 radical (unpaired) electrons. The number of nitrogens with zero attached hydrogens (tertiary/aromatic N) is 3. The van der Waals surface area contributed by atoms with Crippen LogP contribution < -0.4 is 5.32 Å². The van der Waals surface area contributed by atoms with Crippen LogP contribution in [-0.2, 0) is 24.3 Å². The Bertz CT molecular complexity index is 1250. The topological polar surface area (TPSA) is 139 Å². The van der Waals surface area contributed by atoms with Gasteiger partial charge in [0.15, 0.2) is 10.9 Å². The maximum atomic E-state index is 13.6. The van der Waals surface area contributed by atoms with E-state index in [1.807, 2.05) is 5.38 Å². The number of hydrogen-bond acceptors (Lipinski definition) is 10. The molecular weight excluding hydrogens is 520 g/mol. The van der Waals surface area contributed by atoms with Gasteiger partial charge in [-0.25, -0.2) is 18.2 Å². The Morgan fingerprint density at radius 3 is 2.57 bits per heavy atom. The molecule has 1 aliphatic heterocycles. The van der Waals surface area contributed by atoms with E-state index < -0.39 is 34.5 Å². The Morgan fingerprint density at radius 2 is 1.95 bits per heavy atom. The van der Waals surface area contributed by atoms with E-state index in [1.54, 1.807) is 6.20 Å². The molecule has 1 aliphatic carbocycles. The SMILES string of the molecule is COC(=O)c1c(C)oc(C)c1S(=O)(=O)N1CCN(C(CNc2nccs2)C(=O)C2CCCCC2)C(=O)C1. The number of rotatable bonds is 9. The zero-order chi connectivity index (χ0) is 26.7. The summed E-state index contributed by atoms with van der Waals surface area (Å²) in [5, 5.41) is 5.63. The molecule has 0 spiro atoms. The number of ether oxygens (including phenoxy) is 1. The number of hydrogen-bond donors (Lipinski definition) is 1. The van der Waals surface area contributed by atoms with Crippen molar-refractivity contribution in [1.29, 1.82) is 0 Å². The van der Waals surface area contributed by atoms with Gasteiger partial charge >= 0.3 is 5.97 Å². The number of aryl methyl sites for hydroxylation is 2. The molecular formula is C24H32N4O7S2. The van der Waals surface area contributed by atoms with Gasteiger partial charge in [0.2, 0.25) is 15.9 Å². The molecule has 3 heterocycles. The van der Waals surface area contributed by atoms with Crippen LogP contribution in [0.2, 0.25) is 0 Å². The number of carbonyl (C=O) groups excluding carboxylic acids is 3. The average molecular weight is 553 g/mol. The lowest BCUT2D eigenvalue weighted by molar-refractivity contribution is -0.143. The van der Waals surface area contributed by atoms with E-state index in [1.165, 1.54) is 30.1 Å². The Morgan fingerprint density at radius 1 is 1.22 bits per heavy atom. The minimum atomic E-state index is -4.25. The fourth-order valence-corrected chi connectivity index (χ4v) is 7.45. The van der Waals surface area contributed by atoms with Gasteiger partial charge in [0.25, 0.3) is 0 Å². The maximum Gasteiger partial charge on any atom is 0.342 e. The first kappa shape index (κ1) is 27.3. The number of ketones is 1. The minimum absolute atomic E-state index is 0.00249. The van der Waals surface area contributed by atoms with Crippen molar-refractivity contribution in [1.82, 2.24) is 14.2 Å². The molecule has 0 aromatic carbocycles. The molecule has 2 aromatic rings. The highest BCUT2D eigenvalue weighted by atomic mass is 32.2. The van der Waals surface area contributed by atoms with E-state index in [-0.39, 0.29) is 53.3 Å². The molecule has 13 heteroatoms. The number of Topliss-reactive ketones (excluding diaryl/α,β-unsaturated/α-hetero) is 1. The molecule has 37 heavy (non-hydrogen) atoms. The summed E-state index contributed by atoms with van der Waals surface area (Å²) < 4.78 is 38.3. The second-order valence-corrected chi connectivity index (χ2v) is 12.1. The lowest BCUT2D eigenvalue weighted by Crippen LogP contribution is -2.59. The molecule has 1 N–H and O–H groups in total. The summed E-state index contributed by atoms with van der Waals surface area (Å²) in [5.41, 5.74) is -0.173. The lowest BCUT2D eigenvalue weighted by atomic mass is 9.83. The number of furan rings is 1. The fraction of sp³-hybridized carbons (Fsp3) is 0.583. The van der Waals surface area contributed by atoms with Gasteiger partial charge in [-0.1, -0.05) is 19.3 Å². The molecule has 202 valence electrons. The van der Waals surface area contributed by atoms with Crippen LogP contribution in [-0.4, -0.2) is 79.6 Å². The Labute approximate surface area is 220 Å². The zero-order valence-corrected chi connectivity index (χ0v) is 22.8. The molecule has 1 atom stereocenters. The molecule has 0 bridgehead atoms. The fourth-order valence-electron chi connectivity index (χ4n) is 5.16. The smallest absolute Gasteiger partial charge is 0.342 e. The number of sulfonamides is 1. The molecule has 2 fully saturated rings. The van der Waals surface area contributed by atoms with Crippen molar-refractivity contribution in [2.24, 2.45) is 5.92 Å². The summed E-state index contributed by atoms with van der Waals surface area (Å²) in [6.45, 7) is 2.71. The number of carbonyl (C=O) groups is 3. The van der Waals surface area contributed by atoms with Gasteiger partial charge in [0.1, 0.15) is 28.0 Å². The van der Waals surface area contributed by atoms with Gasteiger partial charge in [-0.2, -0.15) is 4.31 Å². The van der Waals surface area contributed by atoms with Crippen molar-refractivity contribution in [3.05, 3.63) is 28.7 Å². The van der Waals surface area contributed by atoms with Crippen LogP contribution in [0, 0.1) is 19.8 Å². The summed E-state index contributed by atoms with van der Waals surface area (Å²) in [5.74, 6) is -1.25. The molecule has 1 saturated heterocycles. The number of thiazole rings is 1. The first-order chi connectivity index (χ1) is 17.6. The highest BCUT2D eigenvalue weighted by Crippen LogP contribution is 2.32. The predicted octanol–water partition coefficient (Wildman–Crippen LogP) is 2.60. The van der Waals surface area contributed by atoms with Crippen molar-refractivity contribution >= 4 is 44.2 Å². The number of esters is 1. The first-order valence-corrected chi connectivity index (χ1v) is 14.6. The average Bonchev–Trinajstić information content (AvgIpc) is 3.51. The summed E-state index contributed by atoms with van der Waals surface area (Å²) in [4.78, 5) is 44.6. The molecule has 2 aliphatic rings. The van der Waals surface area contributed by atoms with Gasteiger partial charge < -0.3 is 19.4 Å². The molecule has 1 amide bonds. The Balaban J connectivity index is 1.56. The van der Waals surface area contributed by atoms with Crippen LogP contribution in [0.3, 0.4) is 0 Å². The van der Waals surface area contributed by atoms with Gasteiger partial charge in [-0.3, -0.25) is 9.59 Å². The zero-order valence-electron chi connectivity index (χ0n) is 21.2. The van der Waals surface area contributed by atoms with Crippen LogP contribution in [0.15, 0.2) is 20.9 Å². The number of nitrogens with one attached hydrogen (secondary N) is 1. The summed E-state index contributed by atoms with van der Waals surface area (Å²) in [7, 11) is -3.09. The lowest BCUT2D eigenvalue weighted by Gasteiger charge is -2.39. The van der Waals surface area contributed by atoms with Crippen molar-refractivity contribution < 1.29 is 32.0 Å². The van der Waals surface area contributed by atoms with Crippen LogP contribution in [0.5, 0.6) is 0 Å². The normalized spacial score (nSPS) is 18.6. The van der Waals surface area contributed by atoms with E-state index >= 15 is 0 Å². The number of aromatic nitrogens is 1. The van der Waals surface area contributed by atoms with Crippen molar-refractivity contribution in [2.45, 2.75) is 56.9 Å². The van der Waals surface area contributed by atoms with Gasteiger partial charge in [0, 0.05) is 37.1 Å². The van der Waals surface area contributed by atoms with E-state index in [2.05, 4.69) is 10.3 Å². The number of anilines is 1. The minimum Gasteiger partial charge on any atom is -0.465 e. The van der Waals surface area contributed by atoms with Crippen molar-refractivity contribution in [3.8, 4) is 0 Å². The van der Waals surface area contributed by atoms with E-state index in [4.69, 9.17) is 9.15 Å². The highest BCUT2D eigenvalue weighted by molar-refractivity contribution is 7.89. The molecule has 1 saturated carbocycles. The Kier molecular flexibility index (Phi) is 8.34. The van der Waals surface area contributed by atoms with Gasteiger partial charge in [-0.15, -0.1) is 11.3 Å². The largest absolute Gasteiger partial charge is 0.465 e. The summed E-state index contributed by atoms with van der Waals surface area (Å²) in [6, 6.07) is -0.729. The van der Waals surface area contributed by atoms with E-state index in [9.17, 15) is 22.8 Å². The van der Waals surface area contributed by atoms with Crippen molar-refractivity contribution in [2.75, 3.05) is 38.6 Å². The molecule has 4 rings (SSSR count). The quantitative estimate of drug-likeness (QED) is 0.465. The standard InChI is InChI=1S/C24H32N4O7S2/c1-15-20(23(31)34-3)22(16(2)35-15)37(32,33)27-10-11-28(19(29)14-27)18(13-26-24-25-9-12-36-24)21(30)17-7-5-4-6-8-17/h9,12,17-18H,4-8,10-11,13-14H2,1-3H3,(H,25,26). The third kappa shape index (κ3) is 5.58. The van der Waals surface area contributed by atoms with Gasteiger partial charge in [-0.05, 0) is 26.7 Å². The number of amides is 1. The second kappa shape index (κ2) is 11.3. The first-order valence-electron chi connectivity index (χ1n) is 12.3. The van der Waals surface area contributed by atoms with E-state index in [0.29, 0.717) is 5.13 Å². The molecule has 2 aromatic heterocycles. The monoisotopic (exact) mass is 552 g/mol. The van der Waals surface area contributed by atoms with Gasteiger partial charge in [0.05, 0.1) is 13.7 Å². The summed E-state index contributed by atoms with van der Waals surface area (Å²) in [6.07, 6.45) is 6.31. The highest BCUT2D eigenvalue weighted by Gasteiger charge is 2.42. The number of methoxy groups -OCH3 is 1. The van der Waals surface area contributed by atoms with Crippen molar-refractivity contribution in [3.63, 3.8) is 0 Å². The Hall–Kier alpha value is -2.77. The van der Waals surface area contributed by atoms with Crippen LogP contribution >= 0.6 is 11.3 Å². The summed E-state index contributed by atoms with van der Waals surface area (Å²) >= 11 is 1.40. The third-order valence-corrected chi connectivity index (χ3v) is 9.74. The molecule has 1 unspecified atom stereocenters. The van der Waals surface area contributed by atoms with Crippen LogP contribution in [0.4, 0.5) is 5.13 Å². The molecule has 11 nitrogen and oxygen atoms in total.